The lowest BCUT2D eigenvalue weighted by atomic mass is 9.68. The van der Waals surface area contributed by atoms with Crippen LogP contribution in [0.4, 0.5) is 4.39 Å². The number of nitrogens with zero attached hydrogens (tertiary/aromatic N) is 2. The molecule has 2 aliphatic carbocycles. The van der Waals surface area contributed by atoms with Crippen LogP contribution < -0.4 is 5.73 Å². The molecule has 0 bridgehead atoms. The lowest BCUT2D eigenvalue weighted by Crippen LogP contribution is -2.43. The molecule has 1 heterocycles. The van der Waals surface area contributed by atoms with Crippen molar-refractivity contribution in [2.24, 2.45) is 5.73 Å². The van der Waals surface area contributed by atoms with Crippen LogP contribution in [0, 0.1) is 5.82 Å². The van der Waals surface area contributed by atoms with E-state index in [-0.39, 0.29) is 11.2 Å². The van der Waals surface area contributed by atoms with Gasteiger partial charge >= 0.3 is 0 Å². The molecule has 2 N–H and O–H groups in total. The minimum Gasteiger partial charge on any atom is -0.329 e. The Labute approximate surface area is 111 Å². The Kier molecular flexibility index (Phi) is 2.28. The van der Waals surface area contributed by atoms with Crippen LogP contribution in [0.25, 0.3) is 11.0 Å². The summed E-state index contributed by atoms with van der Waals surface area (Å²) < 4.78 is 16.2. The molecule has 2 fully saturated rings. The maximum atomic E-state index is 14.0. The molecule has 0 unspecified atom stereocenters. The molecule has 2 aromatic rings. The lowest BCUT2D eigenvalue weighted by molar-refractivity contribution is 0.231. The standard InChI is InChI=1S/C15H18FN3/c16-11-3-1-4-12-13(11)18-14(19(12)10-5-6-10)15(9-17)7-2-8-15/h1,3-4,10H,2,5-9,17H2. The van der Waals surface area contributed by atoms with Crippen LogP contribution in [0.15, 0.2) is 18.2 Å². The minimum atomic E-state index is -0.218. The van der Waals surface area contributed by atoms with Crippen molar-refractivity contribution in [2.75, 3.05) is 6.54 Å². The third-order valence-corrected chi connectivity index (χ3v) is 4.76. The summed E-state index contributed by atoms with van der Waals surface area (Å²) in [6, 6.07) is 5.76. The highest BCUT2D eigenvalue weighted by molar-refractivity contribution is 5.77. The molecule has 0 atom stereocenters. The van der Waals surface area contributed by atoms with Crippen LogP contribution in [-0.2, 0) is 5.41 Å². The molecule has 0 radical (unpaired) electrons. The van der Waals surface area contributed by atoms with Crippen LogP contribution in [-0.4, -0.2) is 16.1 Å². The summed E-state index contributed by atoms with van der Waals surface area (Å²) in [7, 11) is 0. The second kappa shape index (κ2) is 3.79. The van der Waals surface area contributed by atoms with Crippen LogP contribution in [0.5, 0.6) is 0 Å². The lowest BCUT2D eigenvalue weighted by Gasteiger charge is -2.40. The normalized spacial score (nSPS) is 21.6. The van der Waals surface area contributed by atoms with E-state index in [2.05, 4.69) is 9.55 Å². The summed E-state index contributed by atoms with van der Waals surface area (Å²) >= 11 is 0. The molecule has 4 rings (SSSR count). The van der Waals surface area contributed by atoms with Gasteiger partial charge in [-0.2, -0.15) is 0 Å². The number of nitrogens with two attached hydrogens (primary N) is 1. The highest BCUT2D eigenvalue weighted by Gasteiger charge is 2.44. The largest absolute Gasteiger partial charge is 0.329 e. The second-order valence-electron chi connectivity index (χ2n) is 5.98. The number of aromatic nitrogens is 2. The van der Waals surface area contributed by atoms with Gasteiger partial charge in [-0.05, 0) is 37.8 Å². The summed E-state index contributed by atoms with van der Waals surface area (Å²) in [5.41, 5.74) is 7.46. The third-order valence-electron chi connectivity index (χ3n) is 4.76. The molecular weight excluding hydrogens is 241 g/mol. The van der Waals surface area contributed by atoms with E-state index in [0.717, 1.165) is 24.2 Å². The molecule has 1 aromatic heterocycles. The third kappa shape index (κ3) is 1.49. The fraction of sp³-hybridized carbons (Fsp3) is 0.533. The average Bonchev–Trinajstić information content (AvgIpc) is 3.11. The van der Waals surface area contributed by atoms with E-state index in [1.165, 1.54) is 25.3 Å². The van der Waals surface area contributed by atoms with Gasteiger partial charge in [0.2, 0.25) is 0 Å². The summed E-state index contributed by atoms with van der Waals surface area (Å²) in [6.45, 7) is 0.616. The average molecular weight is 259 g/mol. The second-order valence-corrected chi connectivity index (χ2v) is 5.98. The zero-order chi connectivity index (χ0) is 13.0. The van der Waals surface area contributed by atoms with Gasteiger partial charge < -0.3 is 10.3 Å². The predicted molar refractivity (Wildman–Crippen MR) is 72.5 cm³/mol. The van der Waals surface area contributed by atoms with Gasteiger partial charge in [-0.15, -0.1) is 0 Å². The molecule has 4 heteroatoms. The molecule has 0 amide bonds. The first-order chi connectivity index (χ1) is 9.25. The van der Waals surface area contributed by atoms with Gasteiger partial charge in [-0.3, -0.25) is 0 Å². The van der Waals surface area contributed by atoms with E-state index in [9.17, 15) is 4.39 Å². The van der Waals surface area contributed by atoms with E-state index in [1.54, 1.807) is 6.07 Å². The quantitative estimate of drug-likeness (QED) is 0.921. The van der Waals surface area contributed by atoms with Crippen molar-refractivity contribution in [1.82, 2.24) is 9.55 Å². The number of imidazole rings is 1. The van der Waals surface area contributed by atoms with E-state index < -0.39 is 0 Å². The molecule has 2 saturated carbocycles. The zero-order valence-electron chi connectivity index (χ0n) is 10.9. The van der Waals surface area contributed by atoms with E-state index >= 15 is 0 Å². The molecule has 3 nitrogen and oxygen atoms in total. The number of benzene rings is 1. The van der Waals surface area contributed by atoms with E-state index in [0.29, 0.717) is 18.1 Å². The van der Waals surface area contributed by atoms with E-state index in [4.69, 9.17) is 5.73 Å². The highest BCUT2D eigenvalue weighted by atomic mass is 19.1. The van der Waals surface area contributed by atoms with Gasteiger partial charge in [0.1, 0.15) is 11.3 Å². The van der Waals surface area contributed by atoms with Crippen molar-refractivity contribution in [3.8, 4) is 0 Å². The zero-order valence-corrected chi connectivity index (χ0v) is 10.9. The van der Waals surface area contributed by atoms with Crippen LogP contribution in [0.1, 0.15) is 44.0 Å². The molecule has 2 aliphatic rings. The first-order valence-corrected chi connectivity index (χ1v) is 7.12. The van der Waals surface area contributed by atoms with Gasteiger partial charge in [-0.1, -0.05) is 12.5 Å². The molecule has 0 spiro atoms. The summed E-state index contributed by atoms with van der Waals surface area (Å²) in [5, 5.41) is 0. The maximum Gasteiger partial charge on any atom is 0.151 e. The van der Waals surface area contributed by atoms with Crippen molar-refractivity contribution < 1.29 is 4.39 Å². The Morgan fingerprint density at radius 2 is 2.16 bits per heavy atom. The van der Waals surface area contributed by atoms with Crippen molar-refractivity contribution >= 4 is 11.0 Å². The maximum absolute atomic E-state index is 14.0. The van der Waals surface area contributed by atoms with Gasteiger partial charge in [0.05, 0.1) is 5.52 Å². The monoisotopic (exact) mass is 259 g/mol. The number of rotatable bonds is 3. The van der Waals surface area contributed by atoms with Gasteiger partial charge in [0.25, 0.3) is 0 Å². The van der Waals surface area contributed by atoms with Crippen molar-refractivity contribution in [1.29, 1.82) is 0 Å². The van der Waals surface area contributed by atoms with Crippen molar-refractivity contribution in [2.45, 2.75) is 43.6 Å². The van der Waals surface area contributed by atoms with Gasteiger partial charge in [0.15, 0.2) is 5.82 Å². The Hall–Kier alpha value is -1.42. The molecule has 19 heavy (non-hydrogen) atoms. The fourth-order valence-electron chi connectivity index (χ4n) is 3.28. The Balaban J connectivity index is 1.99. The first-order valence-electron chi connectivity index (χ1n) is 7.12. The van der Waals surface area contributed by atoms with E-state index in [1.807, 2.05) is 6.07 Å². The van der Waals surface area contributed by atoms with Crippen LogP contribution in [0.3, 0.4) is 0 Å². The van der Waals surface area contributed by atoms with Crippen LogP contribution >= 0.6 is 0 Å². The highest BCUT2D eigenvalue weighted by Crippen LogP contribution is 2.47. The Morgan fingerprint density at radius 3 is 2.74 bits per heavy atom. The number of para-hydroxylation sites is 1. The summed E-state index contributed by atoms with van der Waals surface area (Å²) in [4.78, 5) is 4.65. The molecular formula is C15H18FN3. The topological polar surface area (TPSA) is 43.8 Å². The van der Waals surface area contributed by atoms with Gasteiger partial charge in [0, 0.05) is 18.0 Å². The number of hydrogen-bond acceptors (Lipinski definition) is 2. The molecule has 0 saturated heterocycles. The molecule has 0 aliphatic heterocycles. The van der Waals surface area contributed by atoms with Crippen molar-refractivity contribution in [3.63, 3.8) is 0 Å². The fourth-order valence-corrected chi connectivity index (χ4v) is 3.28. The Morgan fingerprint density at radius 1 is 1.37 bits per heavy atom. The predicted octanol–water partition coefficient (Wildman–Crippen LogP) is 2.89. The SMILES string of the molecule is NCC1(c2nc3c(F)cccc3n2C2CC2)CCC1. The Bertz CT molecular complexity index is 633. The van der Waals surface area contributed by atoms with Crippen molar-refractivity contribution in [3.05, 3.63) is 29.8 Å². The summed E-state index contributed by atoms with van der Waals surface area (Å²) in [5.74, 6) is 0.813. The number of fused-ring (bicyclic) bond motifs is 1. The molecule has 1 aromatic carbocycles. The van der Waals surface area contributed by atoms with Gasteiger partial charge in [-0.25, -0.2) is 9.37 Å². The van der Waals surface area contributed by atoms with Crippen LogP contribution in [0.2, 0.25) is 0 Å². The minimum absolute atomic E-state index is 0.00590. The number of hydrogen-bond donors (Lipinski definition) is 1. The molecule has 100 valence electrons. The smallest absolute Gasteiger partial charge is 0.151 e. The number of halogens is 1. The summed E-state index contributed by atoms with van der Waals surface area (Å²) in [6.07, 6.45) is 5.72. The first kappa shape index (κ1) is 11.4.